The van der Waals surface area contributed by atoms with Crippen molar-refractivity contribution in [1.29, 1.82) is 0 Å². The number of rotatable bonds is 2. The van der Waals surface area contributed by atoms with Gasteiger partial charge in [-0.25, -0.2) is 9.97 Å². The highest BCUT2D eigenvalue weighted by Crippen LogP contribution is 2.31. The van der Waals surface area contributed by atoms with E-state index in [1.165, 1.54) is 17.7 Å². The molecule has 0 aromatic carbocycles. The van der Waals surface area contributed by atoms with Crippen molar-refractivity contribution >= 4 is 5.82 Å². The SMILES string of the molecule is OC[C@H]1CCCN1c1ncnc2c1CCC2. The van der Waals surface area contributed by atoms with Crippen LogP contribution in [0.2, 0.25) is 0 Å². The molecule has 1 aliphatic heterocycles. The van der Waals surface area contributed by atoms with Gasteiger partial charge in [-0.1, -0.05) is 0 Å². The van der Waals surface area contributed by atoms with Crippen LogP contribution < -0.4 is 4.90 Å². The molecule has 16 heavy (non-hydrogen) atoms. The molecule has 1 aromatic heterocycles. The smallest absolute Gasteiger partial charge is 0.135 e. The van der Waals surface area contributed by atoms with Gasteiger partial charge in [0.25, 0.3) is 0 Å². The van der Waals surface area contributed by atoms with Gasteiger partial charge in [0.05, 0.1) is 12.6 Å². The maximum absolute atomic E-state index is 9.36. The molecule has 0 spiro atoms. The highest BCUT2D eigenvalue weighted by atomic mass is 16.3. The van der Waals surface area contributed by atoms with Gasteiger partial charge in [-0.2, -0.15) is 0 Å². The molecular weight excluding hydrogens is 202 g/mol. The molecule has 1 fully saturated rings. The van der Waals surface area contributed by atoms with E-state index in [0.717, 1.165) is 38.0 Å². The van der Waals surface area contributed by atoms with Crippen LogP contribution in [0, 0.1) is 0 Å². The molecule has 1 aliphatic carbocycles. The first-order chi connectivity index (χ1) is 7.90. The number of aromatic nitrogens is 2. The van der Waals surface area contributed by atoms with Gasteiger partial charge in [0, 0.05) is 17.8 Å². The summed E-state index contributed by atoms with van der Waals surface area (Å²) in [6, 6.07) is 0.264. The van der Waals surface area contributed by atoms with Crippen LogP contribution in [0.25, 0.3) is 0 Å². The number of hydrogen-bond donors (Lipinski definition) is 1. The quantitative estimate of drug-likeness (QED) is 0.803. The maximum atomic E-state index is 9.36. The van der Waals surface area contributed by atoms with Gasteiger partial charge in [-0.05, 0) is 32.1 Å². The van der Waals surface area contributed by atoms with Crippen LogP contribution in [0.1, 0.15) is 30.5 Å². The van der Waals surface area contributed by atoms with Crippen LogP contribution in [0.5, 0.6) is 0 Å². The molecule has 2 aliphatic rings. The van der Waals surface area contributed by atoms with Gasteiger partial charge in [-0.15, -0.1) is 0 Å². The molecule has 2 heterocycles. The van der Waals surface area contributed by atoms with E-state index in [9.17, 15) is 5.11 Å². The minimum Gasteiger partial charge on any atom is -0.394 e. The Balaban J connectivity index is 1.97. The number of aliphatic hydroxyl groups excluding tert-OH is 1. The van der Waals surface area contributed by atoms with Crippen molar-refractivity contribution in [3.8, 4) is 0 Å². The molecule has 4 heteroatoms. The first kappa shape index (κ1) is 10.0. The van der Waals surface area contributed by atoms with E-state index in [1.54, 1.807) is 6.33 Å². The molecule has 86 valence electrons. The summed E-state index contributed by atoms with van der Waals surface area (Å²) >= 11 is 0. The summed E-state index contributed by atoms with van der Waals surface area (Å²) in [6.07, 6.45) is 7.28. The van der Waals surface area contributed by atoms with Crippen molar-refractivity contribution in [2.45, 2.75) is 38.1 Å². The molecule has 1 N–H and O–H groups in total. The van der Waals surface area contributed by atoms with E-state index in [1.807, 2.05) is 0 Å². The highest BCUT2D eigenvalue weighted by Gasteiger charge is 2.29. The molecule has 0 unspecified atom stereocenters. The van der Waals surface area contributed by atoms with Crippen LogP contribution in [0.15, 0.2) is 6.33 Å². The Morgan fingerprint density at radius 1 is 1.31 bits per heavy atom. The van der Waals surface area contributed by atoms with E-state index in [4.69, 9.17) is 0 Å². The number of aliphatic hydroxyl groups is 1. The van der Waals surface area contributed by atoms with Crippen LogP contribution in [-0.2, 0) is 12.8 Å². The Kier molecular flexibility index (Phi) is 2.52. The van der Waals surface area contributed by atoms with Crippen LogP contribution >= 0.6 is 0 Å². The zero-order valence-corrected chi connectivity index (χ0v) is 9.39. The third-order valence-corrected chi connectivity index (χ3v) is 3.71. The lowest BCUT2D eigenvalue weighted by molar-refractivity contribution is 0.266. The lowest BCUT2D eigenvalue weighted by Crippen LogP contribution is -2.33. The van der Waals surface area contributed by atoms with E-state index in [2.05, 4.69) is 14.9 Å². The average molecular weight is 219 g/mol. The van der Waals surface area contributed by atoms with Crippen molar-refractivity contribution in [3.63, 3.8) is 0 Å². The predicted octanol–water partition coefficient (Wildman–Crippen LogP) is 0.926. The van der Waals surface area contributed by atoms with Crippen molar-refractivity contribution < 1.29 is 5.11 Å². The summed E-state index contributed by atoms with van der Waals surface area (Å²) in [5.74, 6) is 1.08. The van der Waals surface area contributed by atoms with Crippen molar-refractivity contribution in [2.24, 2.45) is 0 Å². The largest absolute Gasteiger partial charge is 0.394 e. The fraction of sp³-hybridized carbons (Fsp3) is 0.667. The molecule has 1 saturated heterocycles. The van der Waals surface area contributed by atoms with Crippen LogP contribution in [0.3, 0.4) is 0 Å². The number of hydrogen-bond acceptors (Lipinski definition) is 4. The Morgan fingerprint density at radius 3 is 3.12 bits per heavy atom. The monoisotopic (exact) mass is 219 g/mol. The zero-order chi connectivity index (χ0) is 11.0. The molecule has 0 amide bonds. The predicted molar refractivity (Wildman–Crippen MR) is 61.5 cm³/mol. The van der Waals surface area contributed by atoms with Crippen LogP contribution in [-0.4, -0.2) is 34.3 Å². The first-order valence-corrected chi connectivity index (χ1v) is 6.10. The fourth-order valence-electron chi connectivity index (χ4n) is 2.89. The minimum atomic E-state index is 0.235. The van der Waals surface area contributed by atoms with Gasteiger partial charge in [0.1, 0.15) is 12.1 Å². The summed E-state index contributed by atoms with van der Waals surface area (Å²) in [5, 5.41) is 9.36. The molecule has 0 bridgehead atoms. The van der Waals surface area contributed by atoms with E-state index in [-0.39, 0.29) is 12.6 Å². The second kappa shape index (κ2) is 4.01. The Hall–Kier alpha value is -1.16. The van der Waals surface area contributed by atoms with Gasteiger partial charge in [-0.3, -0.25) is 0 Å². The summed E-state index contributed by atoms with van der Waals surface area (Å²) < 4.78 is 0. The first-order valence-electron chi connectivity index (χ1n) is 6.10. The third kappa shape index (κ3) is 1.48. The lowest BCUT2D eigenvalue weighted by Gasteiger charge is -2.25. The number of anilines is 1. The average Bonchev–Trinajstić information content (AvgIpc) is 2.96. The van der Waals surface area contributed by atoms with E-state index in [0.29, 0.717) is 0 Å². The fourth-order valence-corrected chi connectivity index (χ4v) is 2.89. The number of fused-ring (bicyclic) bond motifs is 1. The highest BCUT2D eigenvalue weighted by molar-refractivity contribution is 5.52. The molecule has 0 saturated carbocycles. The lowest BCUT2D eigenvalue weighted by atomic mass is 10.2. The van der Waals surface area contributed by atoms with Gasteiger partial charge < -0.3 is 10.0 Å². The Labute approximate surface area is 95.3 Å². The van der Waals surface area contributed by atoms with Crippen molar-refractivity contribution in [1.82, 2.24) is 9.97 Å². The maximum Gasteiger partial charge on any atom is 0.135 e. The van der Waals surface area contributed by atoms with Gasteiger partial charge in [0.2, 0.25) is 0 Å². The Morgan fingerprint density at radius 2 is 2.25 bits per heavy atom. The van der Waals surface area contributed by atoms with Gasteiger partial charge >= 0.3 is 0 Å². The van der Waals surface area contributed by atoms with E-state index >= 15 is 0 Å². The second-order valence-corrected chi connectivity index (χ2v) is 4.65. The standard InChI is InChI=1S/C12H17N3O/c16-7-9-3-2-6-15(9)12-10-4-1-5-11(10)13-8-14-12/h8-9,16H,1-7H2/t9-/m1/s1. The minimum absolute atomic E-state index is 0.235. The molecule has 1 aromatic rings. The summed E-state index contributed by atoms with van der Waals surface area (Å²) in [4.78, 5) is 11.0. The van der Waals surface area contributed by atoms with Crippen molar-refractivity contribution in [3.05, 3.63) is 17.6 Å². The summed E-state index contributed by atoms with van der Waals surface area (Å²) in [6.45, 7) is 1.26. The second-order valence-electron chi connectivity index (χ2n) is 4.65. The summed E-state index contributed by atoms with van der Waals surface area (Å²) in [5.41, 5.74) is 2.54. The normalized spacial score (nSPS) is 23.8. The zero-order valence-electron chi connectivity index (χ0n) is 9.39. The van der Waals surface area contributed by atoms with Crippen LogP contribution in [0.4, 0.5) is 5.82 Å². The summed E-state index contributed by atoms with van der Waals surface area (Å²) in [7, 11) is 0. The third-order valence-electron chi connectivity index (χ3n) is 3.71. The van der Waals surface area contributed by atoms with Crippen molar-refractivity contribution in [2.75, 3.05) is 18.1 Å². The topological polar surface area (TPSA) is 49.2 Å². The molecule has 4 nitrogen and oxygen atoms in total. The molecular formula is C12H17N3O. The molecule has 3 rings (SSSR count). The molecule has 0 radical (unpaired) electrons. The Bertz CT molecular complexity index is 394. The molecule has 1 atom stereocenters. The van der Waals surface area contributed by atoms with E-state index < -0.39 is 0 Å². The van der Waals surface area contributed by atoms with Gasteiger partial charge in [0.15, 0.2) is 0 Å². The number of nitrogens with zero attached hydrogens (tertiary/aromatic N) is 3. The number of aryl methyl sites for hydroxylation is 1.